The molecule has 2 nitrogen and oxygen atoms in total. The zero-order valence-electron chi connectivity index (χ0n) is 20.6. The fourth-order valence-electron chi connectivity index (χ4n) is 4.08. The van der Waals surface area contributed by atoms with Crippen molar-refractivity contribution in [3.05, 3.63) is 0 Å². The molecule has 0 aliphatic rings. The first-order chi connectivity index (χ1) is 14.2. The Hall–Kier alpha value is -0.530. The molecule has 174 valence electrons. The quantitative estimate of drug-likeness (QED) is 0.131. The Bertz CT molecular complexity index is 339. The van der Waals surface area contributed by atoms with Crippen molar-refractivity contribution in [1.29, 1.82) is 0 Å². The van der Waals surface area contributed by atoms with Gasteiger partial charge >= 0.3 is 5.97 Å². The van der Waals surface area contributed by atoms with Crippen LogP contribution in [0.1, 0.15) is 150 Å². The third-order valence-electron chi connectivity index (χ3n) is 6.29. The predicted molar refractivity (Wildman–Crippen MR) is 128 cm³/mol. The van der Waals surface area contributed by atoms with Crippen LogP contribution in [0.3, 0.4) is 0 Å². The fourth-order valence-corrected chi connectivity index (χ4v) is 4.08. The van der Waals surface area contributed by atoms with Crippen LogP contribution in [0.25, 0.3) is 0 Å². The average molecular weight is 411 g/mol. The number of esters is 1. The number of rotatable bonds is 22. The van der Waals surface area contributed by atoms with Crippen LogP contribution >= 0.6 is 0 Å². The highest BCUT2D eigenvalue weighted by Gasteiger charge is 2.17. The van der Waals surface area contributed by atoms with Gasteiger partial charge in [0.1, 0.15) is 0 Å². The lowest BCUT2D eigenvalue weighted by molar-refractivity contribution is -0.149. The molecule has 0 radical (unpaired) electrons. The Morgan fingerprint density at radius 1 is 0.586 bits per heavy atom. The molecule has 0 fully saturated rings. The molecule has 0 spiro atoms. The van der Waals surface area contributed by atoms with Gasteiger partial charge < -0.3 is 4.74 Å². The highest BCUT2D eigenvalue weighted by Crippen LogP contribution is 2.21. The third-order valence-corrected chi connectivity index (χ3v) is 6.29. The molecule has 0 saturated heterocycles. The lowest BCUT2D eigenvalue weighted by Gasteiger charge is -2.19. The largest absolute Gasteiger partial charge is 0.465 e. The summed E-state index contributed by atoms with van der Waals surface area (Å²) in [5, 5.41) is 0. The van der Waals surface area contributed by atoms with Crippen molar-refractivity contribution in [2.45, 2.75) is 150 Å². The van der Waals surface area contributed by atoms with Gasteiger partial charge in [0.25, 0.3) is 0 Å². The van der Waals surface area contributed by atoms with E-state index >= 15 is 0 Å². The molecule has 0 amide bonds. The van der Waals surface area contributed by atoms with Crippen molar-refractivity contribution in [3.8, 4) is 0 Å². The van der Waals surface area contributed by atoms with Gasteiger partial charge in [-0.05, 0) is 25.2 Å². The minimum atomic E-state index is 0.0404. The summed E-state index contributed by atoms with van der Waals surface area (Å²) in [5.74, 6) is 0.678. The molecule has 0 aromatic rings. The summed E-state index contributed by atoms with van der Waals surface area (Å²) < 4.78 is 5.77. The Morgan fingerprint density at radius 2 is 0.966 bits per heavy atom. The Balaban J connectivity index is 4.07. The SMILES string of the molecule is CCCCCCCCCC(CCCCCC)COC(=O)C(C)CCCCCCC. The highest BCUT2D eigenvalue weighted by molar-refractivity contribution is 5.71. The van der Waals surface area contributed by atoms with E-state index in [0.29, 0.717) is 12.5 Å². The number of hydrogen-bond acceptors (Lipinski definition) is 2. The van der Waals surface area contributed by atoms with Gasteiger partial charge in [-0.3, -0.25) is 4.79 Å². The van der Waals surface area contributed by atoms with E-state index in [1.165, 1.54) is 109 Å². The minimum Gasteiger partial charge on any atom is -0.465 e. The summed E-state index contributed by atoms with van der Waals surface area (Å²) in [6, 6.07) is 0. The first-order valence-electron chi connectivity index (χ1n) is 13.3. The lowest BCUT2D eigenvalue weighted by Crippen LogP contribution is -2.20. The van der Waals surface area contributed by atoms with Crippen LogP contribution in [0.2, 0.25) is 0 Å². The molecule has 2 unspecified atom stereocenters. The van der Waals surface area contributed by atoms with Crippen molar-refractivity contribution >= 4 is 5.97 Å². The topological polar surface area (TPSA) is 26.3 Å². The Labute approximate surface area is 184 Å². The molecule has 0 heterocycles. The number of unbranched alkanes of at least 4 members (excludes halogenated alkanes) is 13. The maximum atomic E-state index is 12.4. The molecule has 2 heteroatoms. The van der Waals surface area contributed by atoms with Gasteiger partial charge in [0.2, 0.25) is 0 Å². The summed E-state index contributed by atoms with van der Waals surface area (Å²) in [5.41, 5.74) is 0. The van der Waals surface area contributed by atoms with Crippen LogP contribution in [0.5, 0.6) is 0 Å². The first-order valence-corrected chi connectivity index (χ1v) is 13.3. The molecule has 0 saturated carbocycles. The van der Waals surface area contributed by atoms with Crippen LogP contribution in [0.15, 0.2) is 0 Å². The van der Waals surface area contributed by atoms with Gasteiger partial charge in [0.15, 0.2) is 0 Å². The van der Waals surface area contributed by atoms with E-state index in [0.717, 1.165) is 12.8 Å². The van der Waals surface area contributed by atoms with E-state index in [4.69, 9.17) is 4.74 Å². The molecule has 0 aromatic carbocycles. The normalized spacial score (nSPS) is 13.4. The smallest absolute Gasteiger partial charge is 0.308 e. The number of hydrogen-bond donors (Lipinski definition) is 0. The first kappa shape index (κ1) is 28.5. The minimum absolute atomic E-state index is 0.0404. The van der Waals surface area contributed by atoms with E-state index < -0.39 is 0 Å². The monoisotopic (exact) mass is 410 g/mol. The third kappa shape index (κ3) is 19.2. The second kappa shape index (κ2) is 22.2. The average Bonchev–Trinajstić information content (AvgIpc) is 2.73. The van der Waals surface area contributed by atoms with Crippen LogP contribution in [-0.2, 0) is 9.53 Å². The van der Waals surface area contributed by atoms with Gasteiger partial charge in [0.05, 0.1) is 12.5 Å². The summed E-state index contributed by atoms with van der Waals surface area (Å²) in [6.45, 7) is 9.49. The van der Waals surface area contributed by atoms with Gasteiger partial charge in [-0.15, -0.1) is 0 Å². The molecule has 0 aliphatic heterocycles. The van der Waals surface area contributed by atoms with Gasteiger partial charge in [-0.1, -0.05) is 130 Å². The number of ether oxygens (including phenoxy) is 1. The molecular weight excluding hydrogens is 356 g/mol. The van der Waals surface area contributed by atoms with Crippen LogP contribution in [0.4, 0.5) is 0 Å². The van der Waals surface area contributed by atoms with Crippen molar-refractivity contribution in [2.75, 3.05) is 6.61 Å². The standard InChI is InChI=1S/C27H54O2/c1-5-8-11-14-15-17-20-23-26(22-19-13-10-7-3)24-29-27(28)25(4)21-18-16-12-9-6-2/h25-26H,5-24H2,1-4H3. The van der Waals surface area contributed by atoms with Gasteiger partial charge in [-0.2, -0.15) is 0 Å². The van der Waals surface area contributed by atoms with Crippen LogP contribution in [-0.4, -0.2) is 12.6 Å². The maximum Gasteiger partial charge on any atom is 0.308 e. The van der Waals surface area contributed by atoms with Crippen LogP contribution in [0, 0.1) is 11.8 Å². The second-order valence-electron chi connectivity index (χ2n) is 9.36. The van der Waals surface area contributed by atoms with Gasteiger partial charge in [0, 0.05) is 0 Å². The molecule has 2 atom stereocenters. The zero-order chi connectivity index (χ0) is 21.6. The maximum absolute atomic E-state index is 12.4. The van der Waals surface area contributed by atoms with Crippen molar-refractivity contribution in [3.63, 3.8) is 0 Å². The summed E-state index contributed by atoms with van der Waals surface area (Å²) in [4.78, 5) is 12.4. The van der Waals surface area contributed by atoms with Crippen molar-refractivity contribution in [2.24, 2.45) is 11.8 Å². The Morgan fingerprint density at radius 3 is 1.45 bits per heavy atom. The summed E-state index contributed by atoms with van der Waals surface area (Å²) in [7, 11) is 0. The molecular formula is C27H54O2. The van der Waals surface area contributed by atoms with Crippen LogP contribution < -0.4 is 0 Å². The van der Waals surface area contributed by atoms with E-state index in [1.807, 2.05) is 0 Å². The second-order valence-corrected chi connectivity index (χ2v) is 9.36. The van der Waals surface area contributed by atoms with E-state index in [9.17, 15) is 4.79 Å². The van der Waals surface area contributed by atoms with E-state index in [-0.39, 0.29) is 11.9 Å². The molecule has 0 N–H and O–H groups in total. The van der Waals surface area contributed by atoms with Crippen molar-refractivity contribution in [1.82, 2.24) is 0 Å². The fraction of sp³-hybridized carbons (Fsp3) is 0.963. The predicted octanol–water partition coefficient (Wildman–Crippen LogP) is 9.25. The summed E-state index contributed by atoms with van der Waals surface area (Å²) in [6.07, 6.45) is 24.5. The number of carbonyl (C=O) groups excluding carboxylic acids is 1. The highest BCUT2D eigenvalue weighted by atomic mass is 16.5. The van der Waals surface area contributed by atoms with E-state index in [2.05, 4.69) is 27.7 Å². The zero-order valence-corrected chi connectivity index (χ0v) is 20.6. The molecule has 29 heavy (non-hydrogen) atoms. The lowest BCUT2D eigenvalue weighted by atomic mass is 9.95. The van der Waals surface area contributed by atoms with Crippen molar-refractivity contribution < 1.29 is 9.53 Å². The molecule has 0 bridgehead atoms. The number of carbonyl (C=O) groups is 1. The summed E-state index contributed by atoms with van der Waals surface area (Å²) >= 11 is 0. The molecule has 0 aliphatic carbocycles. The van der Waals surface area contributed by atoms with Gasteiger partial charge in [-0.25, -0.2) is 0 Å². The molecule has 0 aromatic heterocycles. The Kier molecular flexibility index (Phi) is 21.8. The van der Waals surface area contributed by atoms with E-state index in [1.54, 1.807) is 0 Å². The molecule has 0 rings (SSSR count).